The van der Waals surface area contributed by atoms with E-state index in [1.54, 1.807) is 0 Å². The summed E-state index contributed by atoms with van der Waals surface area (Å²) in [6, 6.07) is 7.89. The van der Waals surface area contributed by atoms with Gasteiger partial charge in [0.2, 0.25) is 5.91 Å². The number of carbonyl (C=O) groups is 1. The van der Waals surface area contributed by atoms with Gasteiger partial charge in [-0.3, -0.25) is 9.69 Å². The van der Waals surface area contributed by atoms with Crippen molar-refractivity contribution in [3.63, 3.8) is 0 Å². The fourth-order valence-electron chi connectivity index (χ4n) is 2.99. The number of benzene rings is 1. The Bertz CT molecular complexity index is 656. The van der Waals surface area contributed by atoms with Gasteiger partial charge in [0, 0.05) is 13.1 Å². The number of sulfone groups is 1. The van der Waals surface area contributed by atoms with E-state index in [0.717, 1.165) is 6.54 Å². The minimum Gasteiger partial charge on any atom is -0.354 e. The van der Waals surface area contributed by atoms with Crippen LogP contribution in [0.3, 0.4) is 0 Å². The zero-order valence-corrected chi connectivity index (χ0v) is 14.9. The van der Waals surface area contributed by atoms with Crippen LogP contribution in [0, 0.1) is 5.92 Å². The molecule has 0 radical (unpaired) electrons. The third-order valence-corrected chi connectivity index (χ3v) is 6.09. The number of amides is 1. The second-order valence-electron chi connectivity index (χ2n) is 6.70. The van der Waals surface area contributed by atoms with E-state index >= 15 is 0 Å². The van der Waals surface area contributed by atoms with Crippen LogP contribution in [0.4, 0.5) is 0 Å². The lowest BCUT2D eigenvalue weighted by atomic mass is 9.94. The summed E-state index contributed by atoms with van der Waals surface area (Å²) in [6.45, 7) is 4.68. The molecule has 0 bridgehead atoms. The molecule has 1 heterocycles. The molecule has 1 aliphatic rings. The standard InChI is InChI=1S/C17H26N2O3S/c1-13(2)12-23(21,22)9-8-18-17(20)16-10-14-6-4-5-7-15(14)11-19(16)3/h4-7,13,16H,8-12H2,1-3H3,(H,18,20)/t16-/m1/s1. The summed E-state index contributed by atoms with van der Waals surface area (Å²) in [6.07, 6.45) is 0.664. The first-order chi connectivity index (χ1) is 10.8. The van der Waals surface area contributed by atoms with Crippen molar-refractivity contribution in [2.75, 3.05) is 25.1 Å². The largest absolute Gasteiger partial charge is 0.354 e. The van der Waals surface area contributed by atoms with E-state index in [-0.39, 0.29) is 35.9 Å². The van der Waals surface area contributed by atoms with Crippen molar-refractivity contribution in [3.8, 4) is 0 Å². The maximum atomic E-state index is 12.4. The Labute approximate surface area is 139 Å². The molecular weight excluding hydrogens is 312 g/mol. The van der Waals surface area contributed by atoms with Gasteiger partial charge in [0.25, 0.3) is 0 Å². The molecule has 1 N–H and O–H groups in total. The first-order valence-electron chi connectivity index (χ1n) is 8.03. The van der Waals surface area contributed by atoms with E-state index < -0.39 is 9.84 Å². The van der Waals surface area contributed by atoms with E-state index in [9.17, 15) is 13.2 Å². The molecule has 0 fully saturated rings. The smallest absolute Gasteiger partial charge is 0.237 e. The molecule has 1 amide bonds. The highest BCUT2D eigenvalue weighted by molar-refractivity contribution is 7.91. The lowest BCUT2D eigenvalue weighted by Crippen LogP contribution is -2.49. The molecule has 1 aliphatic heterocycles. The van der Waals surface area contributed by atoms with Crippen LogP contribution >= 0.6 is 0 Å². The zero-order chi connectivity index (χ0) is 17.0. The van der Waals surface area contributed by atoms with Gasteiger partial charge in [-0.25, -0.2) is 8.42 Å². The van der Waals surface area contributed by atoms with Crippen molar-refractivity contribution in [2.24, 2.45) is 5.92 Å². The van der Waals surface area contributed by atoms with E-state index in [0.29, 0.717) is 6.42 Å². The zero-order valence-electron chi connectivity index (χ0n) is 14.1. The molecule has 5 nitrogen and oxygen atoms in total. The molecule has 0 aromatic heterocycles. The maximum Gasteiger partial charge on any atom is 0.237 e. The molecule has 0 unspecified atom stereocenters. The molecule has 0 spiro atoms. The van der Waals surface area contributed by atoms with Crippen LogP contribution in [0.5, 0.6) is 0 Å². The van der Waals surface area contributed by atoms with Gasteiger partial charge in [-0.15, -0.1) is 0 Å². The van der Waals surface area contributed by atoms with E-state index in [1.165, 1.54) is 11.1 Å². The van der Waals surface area contributed by atoms with Gasteiger partial charge < -0.3 is 5.32 Å². The monoisotopic (exact) mass is 338 g/mol. The van der Waals surface area contributed by atoms with Crippen LogP contribution in [-0.4, -0.2) is 50.4 Å². The molecule has 6 heteroatoms. The SMILES string of the molecule is CC(C)CS(=O)(=O)CCNC(=O)[C@H]1Cc2ccccc2CN1C. The summed E-state index contributed by atoms with van der Waals surface area (Å²) in [5.41, 5.74) is 2.44. The van der Waals surface area contributed by atoms with Crippen LogP contribution in [-0.2, 0) is 27.6 Å². The number of hydrogen-bond donors (Lipinski definition) is 1. The molecule has 0 saturated heterocycles. The van der Waals surface area contributed by atoms with E-state index in [2.05, 4.69) is 17.4 Å². The highest BCUT2D eigenvalue weighted by atomic mass is 32.2. The fraction of sp³-hybridized carbons (Fsp3) is 0.588. The van der Waals surface area contributed by atoms with Crippen molar-refractivity contribution >= 4 is 15.7 Å². The van der Waals surface area contributed by atoms with Crippen molar-refractivity contribution in [3.05, 3.63) is 35.4 Å². The molecule has 1 aromatic rings. The molecular formula is C17H26N2O3S. The number of nitrogens with zero attached hydrogens (tertiary/aromatic N) is 1. The average molecular weight is 338 g/mol. The first kappa shape index (κ1) is 17.9. The highest BCUT2D eigenvalue weighted by Crippen LogP contribution is 2.21. The molecule has 0 aliphatic carbocycles. The maximum absolute atomic E-state index is 12.4. The van der Waals surface area contributed by atoms with Crippen molar-refractivity contribution < 1.29 is 13.2 Å². The number of nitrogens with one attached hydrogen (secondary N) is 1. The molecule has 128 valence electrons. The van der Waals surface area contributed by atoms with Gasteiger partial charge in [-0.05, 0) is 30.5 Å². The summed E-state index contributed by atoms with van der Waals surface area (Å²) in [5.74, 6) is 0.183. The van der Waals surface area contributed by atoms with Crippen molar-refractivity contribution in [2.45, 2.75) is 32.9 Å². The second kappa shape index (κ2) is 7.45. The van der Waals surface area contributed by atoms with Gasteiger partial charge in [0.05, 0.1) is 17.5 Å². The minimum absolute atomic E-state index is 0.00391. The lowest BCUT2D eigenvalue weighted by Gasteiger charge is -2.33. The molecule has 23 heavy (non-hydrogen) atoms. The van der Waals surface area contributed by atoms with Crippen LogP contribution in [0.25, 0.3) is 0 Å². The first-order valence-corrected chi connectivity index (χ1v) is 9.86. The van der Waals surface area contributed by atoms with Gasteiger partial charge in [-0.1, -0.05) is 38.1 Å². The number of rotatable bonds is 6. The number of hydrogen-bond acceptors (Lipinski definition) is 4. The topological polar surface area (TPSA) is 66.5 Å². The Morgan fingerprint density at radius 1 is 1.30 bits per heavy atom. The fourth-order valence-corrected chi connectivity index (χ4v) is 4.58. The van der Waals surface area contributed by atoms with Crippen molar-refractivity contribution in [1.82, 2.24) is 10.2 Å². The Hall–Kier alpha value is -1.40. The number of fused-ring (bicyclic) bond motifs is 1. The third kappa shape index (κ3) is 5.04. The quantitative estimate of drug-likeness (QED) is 0.847. The van der Waals surface area contributed by atoms with Crippen LogP contribution in [0.1, 0.15) is 25.0 Å². The summed E-state index contributed by atoms with van der Waals surface area (Å²) in [5, 5.41) is 2.78. The van der Waals surface area contributed by atoms with Crippen LogP contribution < -0.4 is 5.32 Å². The minimum atomic E-state index is -3.10. The summed E-state index contributed by atoms with van der Waals surface area (Å²) < 4.78 is 23.7. The molecule has 2 rings (SSSR count). The van der Waals surface area contributed by atoms with Crippen molar-refractivity contribution in [1.29, 1.82) is 0 Å². The van der Waals surface area contributed by atoms with E-state index in [1.807, 2.05) is 37.9 Å². The van der Waals surface area contributed by atoms with Gasteiger partial charge >= 0.3 is 0 Å². The molecule has 1 atom stereocenters. The Morgan fingerprint density at radius 2 is 1.96 bits per heavy atom. The van der Waals surface area contributed by atoms with Gasteiger partial charge in [0.1, 0.15) is 0 Å². The Morgan fingerprint density at radius 3 is 2.61 bits per heavy atom. The van der Waals surface area contributed by atoms with Crippen LogP contribution in [0.15, 0.2) is 24.3 Å². The van der Waals surface area contributed by atoms with Crippen LogP contribution in [0.2, 0.25) is 0 Å². The highest BCUT2D eigenvalue weighted by Gasteiger charge is 2.28. The predicted molar refractivity (Wildman–Crippen MR) is 91.9 cm³/mol. The number of likely N-dealkylation sites (N-methyl/N-ethyl adjacent to an activating group) is 1. The normalized spacial score (nSPS) is 18.7. The predicted octanol–water partition coefficient (Wildman–Crippen LogP) is 1.23. The van der Waals surface area contributed by atoms with E-state index in [4.69, 9.17) is 0 Å². The second-order valence-corrected chi connectivity index (χ2v) is 8.93. The summed E-state index contributed by atoms with van der Waals surface area (Å²) in [7, 11) is -1.17. The summed E-state index contributed by atoms with van der Waals surface area (Å²) in [4.78, 5) is 14.4. The van der Waals surface area contributed by atoms with Gasteiger partial charge in [-0.2, -0.15) is 0 Å². The molecule has 0 saturated carbocycles. The third-order valence-electron chi connectivity index (χ3n) is 4.09. The van der Waals surface area contributed by atoms with Gasteiger partial charge in [0.15, 0.2) is 9.84 Å². The lowest BCUT2D eigenvalue weighted by molar-refractivity contribution is -0.126. The molecule has 1 aromatic carbocycles. The number of carbonyl (C=O) groups excluding carboxylic acids is 1. The summed E-state index contributed by atoms with van der Waals surface area (Å²) >= 11 is 0. The Kier molecular flexibility index (Phi) is 5.81. The Balaban J connectivity index is 1.89. The average Bonchev–Trinajstić information content (AvgIpc) is 2.44.